The van der Waals surface area contributed by atoms with Gasteiger partial charge in [0, 0.05) is 23.2 Å². The molecule has 120 valence electrons. The molecule has 1 aromatic carbocycles. The van der Waals surface area contributed by atoms with Crippen LogP contribution in [0.5, 0.6) is 5.75 Å². The summed E-state index contributed by atoms with van der Waals surface area (Å²) >= 11 is 5.95. The lowest BCUT2D eigenvalue weighted by Gasteiger charge is -2.19. The van der Waals surface area contributed by atoms with Gasteiger partial charge in [-0.2, -0.15) is 0 Å². The number of hydrogen-bond donors (Lipinski definition) is 2. The highest BCUT2D eigenvalue weighted by Crippen LogP contribution is 2.23. The molecular weight excluding hydrogens is 311 g/mol. The highest BCUT2D eigenvalue weighted by molar-refractivity contribution is 6.30. The second-order valence-electron chi connectivity index (χ2n) is 5.26. The van der Waals surface area contributed by atoms with Gasteiger partial charge in [0.2, 0.25) is 5.91 Å². The van der Waals surface area contributed by atoms with E-state index in [0.717, 1.165) is 12.0 Å². The van der Waals surface area contributed by atoms with Crippen molar-refractivity contribution in [3.05, 3.63) is 28.8 Å². The number of nitrogens with one attached hydrogen (secondary N) is 1. The third kappa shape index (κ3) is 7.02. The van der Waals surface area contributed by atoms with Gasteiger partial charge in [0.25, 0.3) is 0 Å². The molecule has 1 unspecified atom stereocenters. The van der Waals surface area contributed by atoms with E-state index in [1.54, 1.807) is 25.3 Å². The van der Waals surface area contributed by atoms with Gasteiger partial charge in [-0.05, 0) is 30.5 Å². The number of hydrogen-bond acceptors (Lipinski definition) is 3. The quantitative estimate of drug-likeness (QED) is 0.805. The first-order valence-corrected chi connectivity index (χ1v) is 7.15. The van der Waals surface area contributed by atoms with Crippen LogP contribution in [-0.4, -0.2) is 25.6 Å². The van der Waals surface area contributed by atoms with Crippen molar-refractivity contribution in [2.24, 2.45) is 11.7 Å². The van der Waals surface area contributed by atoms with Crippen LogP contribution in [0.25, 0.3) is 0 Å². The Bertz CT molecular complexity index is 453. The number of amides is 1. The molecule has 0 bridgehead atoms. The summed E-state index contributed by atoms with van der Waals surface area (Å²) in [5.41, 5.74) is 6.46. The van der Waals surface area contributed by atoms with Crippen LogP contribution in [0.1, 0.15) is 25.8 Å². The van der Waals surface area contributed by atoms with E-state index in [1.165, 1.54) is 0 Å². The summed E-state index contributed by atoms with van der Waals surface area (Å²) in [4.78, 5) is 12.1. The predicted octanol–water partition coefficient (Wildman–Crippen LogP) is 2.80. The van der Waals surface area contributed by atoms with Crippen LogP contribution in [0.2, 0.25) is 5.02 Å². The van der Waals surface area contributed by atoms with Crippen molar-refractivity contribution in [1.82, 2.24) is 5.32 Å². The molecule has 3 N–H and O–H groups in total. The number of halogens is 2. The average Bonchev–Trinajstić information content (AvgIpc) is 2.37. The normalized spacial score (nSPS) is 11.7. The third-order valence-corrected chi connectivity index (χ3v) is 3.23. The number of carbonyl (C=O) groups is 1. The number of carbonyl (C=O) groups excluding carboxylic acids is 1. The summed E-state index contributed by atoms with van der Waals surface area (Å²) in [5, 5.41) is 3.54. The Morgan fingerprint density at radius 3 is 2.62 bits per heavy atom. The molecule has 0 spiro atoms. The Morgan fingerprint density at radius 2 is 2.10 bits per heavy atom. The van der Waals surface area contributed by atoms with E-state index >= 15 is 0 Å². The average molecular weight is 335 g/mol. The molecule has 0 aliphatic rings. The highest BCUT2D eigenvalue weighted by atomic mass is 35.5. The summed E-state index contributed by atoms with van der Waals surface area (Å²) in [6.45, 7) is 4.65. The zero-order valence-electron chi connectivity index (χ0n) is 12.7. The molecule has 0 saturated heterocycles. The Kier molecular flexibility index (Phi) is 9.42. The fourth-order valence-corrected chi connectivity index (χ4v) is 2.31. The zero-order valence-corrected chi connectivity index (χ0v) is 14.3. The van der Waals surface area contributed by atoms with Crippen molar-refractivity contribution in [2.45, 2.75) is 32.7 Å². The first kappa shape index (κ1) is 20.0. The summed E-state index contributed by atoms with van der Waals surface area (Å²) in [6, 6.07) is 5.26. The summed E-state index contributed by atoms with van der Waals surface area (Å²) in [7, 11) is 1.58. The Labute approximate surface area is 137 Å². The number of nitrogens with two attached hydrogens (primary N) is 1. The molecule has 1 rings (SSSR count). The van der Waals surface area contributed by atoms with Crippen molar-refractivity contribution in [1.29, 1.82) is 0 Å². The molecule has 21 heavy (non-hydrogen) atoms. The van der Waals surface area contributed by atoms with Crippen LogP contribution in [0, 0.1) is 5.92 Å². The molecule has 0 radical (unpaired) electrons. The zero-order chi connectivity index (χ0) is 15.1. The lowest BCUT2D eigenvalue weighted by atomic mass is 10.0. The maximum Gasteiger partial charge on any atom is 0.224 e. The predicted molar refractivity (Wildman–Crippen MR) is 89.4 cm³/mol. The van der Waals surface area contributed by atoms with Crippen LogP contribution in [0.3, 0.4) is 0 Å². The molecule has 0 saturated carbocycles. The largest absolute Gasteiger partial charge is 0.496 e. The second-order valence-corrected chi connectivity index (χ2v) is 5.70. The number of benzene rings is 1. The molecule has 4 nitrogen and oxygen atoms in total. The molecule has 1 atom stereocenters. The van der Waals surface area contributed by atoms with Gasteiger partial charge in [0.1, 0.15) is 5.75 Å². The number of ether oxygens (including phenoxy) is 1. The fraction of sp³-hybridized carbons (Fsp3) is 0.533. The van der Waals surface area contributed by atoms with Crippen LogP contribution in [0.15, 0.2) is 18.2 Å². The first-order valence-electron chi connectivity index (χ1n) is 6.78. The van der Waals surface area contributed by atoms with Gasteiger partial charge in [-0.15, -0.1) is 12.4 Å². The van der Waals surface area contributed by atoms with Crippen molar-refractivity contribution in [3.63, 3.8) is 0 Å². The van der Waals surface area contributed by atoms with Gasteiger partial charge >= 0.3 is 0 Å². The number of rotatable bonds is 7. The van der Waals surface area contributed by atoms with Crippen LogP contribution in [-0.2, 0) is 11.2 Å². The molecule has 6 heteroatoms. The van der Waals surface area contributed by atoms with Crippen molar-refractivity contribution in [3.8, 4) is 5.75 Å². The Balaban J connectivity index is 0.00000400. The molecule has 0 aliphatic carbocycles. The standard InChI is InChI=1S/C15H23ClN2O2.ClH/c1-10(2)6-13(9-17)18-15(19)8-11-7-12(16)4-5-14(11)20-3;/h4-5,7,10,13H,6,8-9,17H2,1-3H3,(H,18,19);1H. The molecule has 0 aromatic heterocycles. The summed E-state index contributed by atoms with van der Waals surface area (Å²) < 4.78 is 5.23. The van der Waals surface area contributed by atoms with Gasteiger partial charge in [-0.25, -0.2) is 0 Å². The molecular formula is C15H24Cl2N2O2. The molecule has 0 heterocycles. The summed E-state index contributed by atoms with van der Waals surface area (Å²) in [6.07, 6.45) is 1.10. The smallest absolute Gasteiger partial charge is 0.224 e. The van der Waals surface area contributed by atoms with E-state index in [-0.39, 0.29) is 30.8 Å². The second kappa shape index (κ2) is 9.87. The van der Waals surface area contributed by atoms with Gasteiger partial charge in [0.15, 0.2) is 0 Å². The topological polar surface area (TPSA) is 64.3 Å². The monoisotopic (exact) mass is 334 g/mol. The lowest BCUT2D eigenvalue weighted by Crippen LogP contribution is -2.41. The van der Waals surface area contributed by atoms with E-state index in [9.17, 15) is 4.79 Å². The molecule has 1 aromatic rings. The van der Waals surface area contributed by atoms with Gasteiger partial charge < -0.3 is 15.8 Å². The first-order chi connectivity index (χ1) is 9.46. The highest BCUT2D eigenvalue weighted by Gasteiger charge is 2.14. The van der Waals surface area contributed by atoms with Crippen LogP contribution >= 0.6 is 24.0 Å². The van der Waals surface area contributed by atoms with Crippen LogP contribution < -0.4 is 15.8 Å². The maximum absolute atomic E-state index is 12.1. The van der Waals surface area contributed by atoms with E-state index in [0.29, 0.717) is 23.2 Å². The number of methoxy groups -OCH3 is 1. The van der Waals surface area contributed by atoms with Crippen molar-refractivity contribution in [2.75, 3.05) is 13.7 Å². The molecule has 0 aliphatic heterocycles. The van der Waals surface area contributed by atoms with E-state index < -0.39 is 0 Å². The lowest BCUT2D eigenvalue weighted by molar-refractivity contribution is -0.121. The summed E-state index contributed by atoms with van der Waals surface area (Å²) in [5.74, 6) is 1.09. The van der Waals surface area contributed by atoms with Gasteiger partial charge in [-0.3, -0.25) is 4.79 Å². The fourth-order valence-electron chi connectivity index (χ4n) is 2.12. The van der Waals surface area contributed by atoms with E-state index in [1.807, 2.05) is 0 Å². The maximum atomic E-state index is 12.1. The Morgan fingerprint density at radius 1 is 1.43 bits per heavy atom. The third-order valence-electron chi connectivity index (χ3n) is 3.00. The van der Waals surface area contributed by atoms with E-state index in [4.69, 9.17) is 22.1 Å². The Hall–Kier alpha value is -0.970. The molecule has 0 fully saturated rings. The van der Waals surface area contributed by atoms with Crippen molar-refractivity contribution >= 4 is 29.9 Å². The minimum Gasteiger partial charge on any atom is -0.496 e. The molecule has 1 amide bonds. The van der Waals surface area contributed by atoms with Crippen LogP contribution in [0.4, 0.5) is 0 Å². The van der Waals surface area contributed by atoms with Crippen molar-refractivity contribution < 1.29 is 9.53 Å². The van der Waals surface area contributed by atoms with E-state index in [2.05, 4.69) is 19.2 Å². The SMILES string of the molecule is COc1ccc(Cl)cc1CC(=O)NC(CN)CC(C)C.Cl. The minimum absolute atomic E-state index is 0. The van der Waals surface area contributed by atoms with Gasteiger partial charge in [-0.1, -0.05) is 25.4 Å². The minimum atomic E-state index is -0.0679. The van der Waals surface area contributed by atoms with Gasteiger partial charge in [0.05, 0.1) is 13.5 Å².